The van der Waals surface area contributed by atoms with Gasteiger partial charge in [-0.1, -0.05) is 72.8 Å². The number of amides is 5. The van der Waals surface area contributed by atoms with Gasteiger partial charge in [-0.25, -0.2) is 9.69 Å². The Kier molecular flexibility index (Phi) is 22.3. The lowest BCUT2D eigenvalue weighted by Crippen LogP contribution is -2.52. The van der Waals surface area contributed by atoms with Crippen LogP contribution >= 0.6 is 0 Å². The van der Waals surface area contributed by atoms with Crippen molar-refractivity contribution in [2.45, 2.75) is 63.7 Å². The minimum absolute atomic E-state index is 0.00821. The van der Waals surface area contributed by atoms with Gasteiger partial charge in [-0.2, -0.15) is 26.3 Å². The standard InChI is InChI=1S/C67H74F6N10O8/c1-63(2,3)91-62(88)83(56-13-9-8-12-55(56)79-58(84)31-18-45-14-19-47(20-15-45)64(4,75-32-34-81-36-40-89-41-37-81)60(86)77-51-27-23-49(24-28-51)66(68,69)70)57(59(85)80-54-11-7-6-10-53(54)74)44-46-16-21-48(22-17-46)65(5,76-33-35-82-38-42-90-43-39-82)61(87)78-52-29-25-50(26-30-52)67(71,72)73/h6-31,44,75-76H,32-43,74H2,1-5H3,(H,77,86)(H,78,87)(H,79,84)(H,80,85)/b31-18+,57-44+. The zero-order valence-electron chi connectivity index (χ0n) is 51.0. The van der Waals surface area contributed by atoms with E-state index >= 15 is 0 Å². The summed E-state index contributed by atoms with van der Waals surface area (Å²) in [6.07, 6.45) is -5.98. The highest BCUT2D eigenvalue weighted by molar-refractivity contribution is 6.17. The summed E-state index contributed by atoms with van der Waals surface area (Å²) in [6.45, 7) is 15.1. The van der Waals surface area contributed by atoms with Gasteiger partial charge in [0.2, 0.25) is 17.7 Å². The number of carbonyl (C=O) groups excluding carboxylic acids is 5. The van der Waals surface area contributed by atoms with Gasteiger partial charge in [0.25, 0.3) is 5.91 Å². The van der Waals surface area contributed by atoms with Gasteiger partial charge in [0.15, 0.2) is 0 Å². The summed E-state index contributed by atoms with van der Waals surface area (Å²) in [6, 6.07) is 34.3. The smallest absolute Gasteiger partial charge is 0.419 e. The van der Waals surface area contributed by atoms with Crippen molar-refractivity contribution < 1.29 is 64.5 Å². The lowest BCUT2D eigenvalue weighted by Gasteiger charge is -2.33. The van der Waals surface area contributed by atoms with E-state index in [-0.39, 0.29) is 39.8 Å². The molecular formula is C67H74F6N10O8. The number of nitrogens with two attached hydrogens (primary N) is 1. The number of anilines is 6. The Bertz CT molecular complexity index is 3550. The van der Waals surface area contributed by atoms with Crippen molar-refractivity contribution in [1.29, 1.82) is 0 Å². The first kappa shape index (κ1) is 68.0. The van der Waals surface area contributed by atoms with E-state index in [1.54, 1.807) is 120 Å². The Labute approximate surface area is 524 Å². The third kappa shape index (κ3) is 18.6. The number of nitrogens with one attached hydrogen (secondary N) is 6. The maximum Gasteiger partial charge on any atom is 0.419 e. The molecule has 6 aromatic rings. The van der Waals surface area contributed by atoms with Gasteiger partial charge in [0, 0.05) is 69.8 Å². The first-order valence-corrected chi connectivity index (χ1v) is 29.5. The number of rotatable bonds is 22. The van der Waals surface area contributed by atoms with Crippen LogP contribution in [0.5, 0.6) is 0 Å². The van der Waals surface area contributed by atoms with E-state index in [0.717, 1.165) is 29.2 Å². The molecule has 0 aliphatic carbocycles. The second-order valence-electron chi connectivity index (χ2n) is 23.0. The SMILES string of the molecule is CC(C)(C)OC(=O)N(/C(=C/c1ccc(C(C)(NCCN2CCOCC2)C(=O)Nc2ccc(C(F)(F)F)cc2)cc1)C(=O)Nc1ccccc1N)c1ccccc1NC(=O)/C=C/c1ccc(C(C)(NCCN2CCOCC2)C(=O)Nc2ccc(C(F)(F)F)cc2)cc1. The molecule has 91 heavy (non-hydrogen) atoms. The molecule has 2 saturated heterocycles. The molecule has 482 valence electrons. The lowest BCUT2D eigenvalue weighted by molar-refractivity contribution is -0.138. The summed E-state index contributed by atoms with van der Waals surface area (Å²) in [5.41, 5.74) is 2.92. The van der Waals surface area contributed by atoms with Crippen molar-refractivity contribution in [2.75, 3.05) is 111 Å². The van der Waals surface area contributed by atoms with Crippen molar-refractivity contribution in [1.82, 2.24) is 20.4 Å². The number of para-hydroxylation sites is 4. The first-order chi connectivity index (χ1) is 43.2. The molecule has 2 aliphatic rings. The quantitative estimate of drug-likeness (QED) is 0.0191. The zero-order valence-corrected chi connectivity index (χ0v) is 51.0. The van der Waals surface area contributed by atoms with Crippen molar-refractivity contribution in [3.8, 4) is 0 Å². The molecule has 0 saturated carbocycles. The maximum atomic E-state index is 14.9. The van der Waals surface area contributed by atoms with E-state index in [4.69, 9.17) is 19.9 Å². The summed E-state index contributed by atoms with van der Waals surface area (Å²) >= 11 is 0. The highest BCUT2D eigenvalue weighted by Gasteiger charge is 2.39. The van der Waals surface area contributed by atoms with E-state index in [1.807, 2.05) is 0 Å². The molecule has 5 amide bonds. The van der Waals surface area contributed by atoms with Crippen molar-refractivity contribution in [3.63, 3.8) is 0 Å². The monoisotopic (exact) mass is 1260 g/mol. The summed E-state index contributed by atoms with van der Waals surface area (Å²) in [4.78, 5) is 77.7. The molecule has 2 aliphatic heterocycles. The average Bonchev–Trinajstić information content (AvgIpc) is 0.854. The van der Waals surface area contributed by atoms with Gasteiger partial charge in [-0.05, 0) is 142 Å². The van der Waals surface area contributed by atoms with E-state index < -0.39 is 69.9 Å². The Morgan fingerprint density at radius 2 is 0.967 bits per heavy atom. The van der Waals surface area contributed by atoms with Crippen LogP contribution in [0.15, 0.2) is 157 Å². The van der Waals surface area contributed by atoms with Crippen molar-refractivity contribution in [2.24, 2.45) is 0 Å². The molecule has 0 spiro atoms. The number of hydrogen-bond donors (Lipinski definition) is 7. The number of morpholine rings is 2. The van der Waals surface area contributed by atoms with E-state index in [2.05, 4.69) is 41.7 Å². The zero-order chi connectivity index (χ0) is 65.6. The second-order valence-corrected chi connectivity index (χ2v) is 23.0. The van der Waals surface area contributed by atoms with Gasteiger partial charge in [-0.3, -0.25) is 39.6 Å². The van der Waals surface area contributed by atoms with Gasteiger partial charge in [-0.15, -0.1) is 0 Å². The number of benzene rings is 6. The molecule has 2 unspecified atom stereocenters. The second kappa shape index (κ2) is 29.8. The average molecular weight is 1260 g/mol. The minimum Gasteiger partial charge on any atom is -0.443 e. The van der Waals surface area contributed by atoms with Crippen molar-refractivity contribution in [3.05, 3.63) is 191 Å². The van der Waals surface area contributed by atoms with Crippen LogP contribution in [0, 0.1) is 0 Å². The van der Waals surface area contributed by atoms with Crippen LogP contribution in [0.1, 0.15) is 68.0 Å². The molecule has 18 nitrogen and oxygen atoms in total. The Hall–Kier alpha value is -8.91. The normalized spacial score (nSPS) is 15.8. The summed E-state index contributed by atoms with van der Waals surface area (Å²) in [7, 11) is 0. The van der Waals surface area contributed by atoms with Crippen LogP contribution in [0.4, 0.5) is 65.3 Å². The molecule has 2 atom stereocenters. The number of ether oxygens (including phenoxy) is 3. The molecule has 6 aromatic carbocycles. The third-order valence-electron chi connectivity index (χ3n) is 15.2. The molecule has 2 heterocycles. The van der Waals surface area contributed by atoms with Gasteiger partial charge >= 0.3 is 18.4 Å². The lowest BCUT2D eigenvalue weighted by atomic mass is 9.89. The van der Waals surface area contributed by atoms with Gasteiger partial charge < -0.3 is 41.2 Å². The summed E-state index contributed by atoms with van der Waals surface area (Å²) in [5.74, 6) is -2.59. The molecule has 8 N–H and O–H groups in total. The Balaban J connectivity index is 1.09. The van der Waals surface area contributed by atoms with Crippen LogP contribution < -0.4 is 42.5 Å². The third-order valence-corrected chi connectivity index (χ3v) is 15.2. The first-order valence-electron chi connectivity index (χ1n) is 29.5. The fourth-order valence-corrected chi connectivity index (χ4v) is 9.98. The number of hydrogen-bond acceptors (Lipinski definition) is 13. The van der Waals surface area contributed by atoms with Crippen LogP contribution in [0.25, 0.3) is 12.2 Å². The van der Waals surface area contributed by atoms with Crippen LogP contribution in [0.3, 0.4) is 0 Å². The van der Waals surface area contributed by atoms with E-state index in [1.165, 1.54) is 54.6 Å². The molecular weight excluding hydrogens is 1190 g/mol. The molecule has 2 fully saturated rings. The van der Waals surface area contributed by atoms with Gasteiger partial charge in [0.05, 0.1) is 60.3 Å². The number of nitrogens with zero attached hydrogens (tertiary/aromatic N) is 3. The van der Waals surface area contributed by atoms with Crippen LogP contribution in [-0.2, 0) is 56.8 Å². The predicted molar refractivity (Wildman–Crippen MR) is 339 cm³/mol. The topological polar surface area (TPSA) is 221 Å². The summed E-state index contributed by atoms with van der Waals surface area (Å²) in [5, 5.41) is 17.9. The Morgan fingerprint density at radius 3 is 1.42 bits per heavy atom. The number of nitrogen functional groups attached to an aromatic ring is 1. The Morgan fingerprint density at radius 1 is 0.538 bits per heavy atom. The van der Waals surface area contributed by atoms with E-state index in [0.29, 0.717) is 101 Å². The molecule has 0 aromatic heterocycles. The number of alkyl halides is 6. The fraction of sp³-hybridized carbons (Fsp3) is 0.328. The maximum absolute atomic E-state index is 14.9. The summed E-state index contributed by atoms with van der Waals surface area (Å²) < 4.78 is 97.5. The van der Waals surface area contributed by atoms with E-state index in [9.17, 15) is 50.3 Å². The number of halogens is 6. The molecule has 0 radical (unpaired) electrons. The highest BCUT2D eigenvalue weighted by atomic mass is 19.4. The van der Waals surface area contributed by atoms with Crippen LogP contribution in [-0.4, -0.2) is 124 Å². The predicted octanol–water partition coefficient (Wildman–Crippen LogP) is 10.9. The molecule has 8 rings (SSSR count). The largest absolute Gasteiger partial charge is 0.443 e. The number of carbonyl (C=O) groups is 5. The van der Waals surface area contributed by atoms with Crippen molar-refractivity contribution >= 4 is 76.0 Å². The molecule has 0 bridgehead atoms. The van der Waals surface area contributed by atoms with Gasteiger partial charge in [0.1, 0.15) is 22.4 Å². The van der Waals surface area contributed by atoms with Crippen LogP contribution in [0.2, 0.25) is 0 Å². The molecule has 24 heteroatoms. The minimum atomic E-state index is -4.59. The highest BCUT2D eigenvalue weighted by Crippen LogP contribution is 2.36. The fourth-order valence-electron chi connectivity index (χ4n) is 9.98.